The van der Waals surface area contributed by atoms with Gasteiger partial charge in [-0.25, -0.2) is 15.0 Å². The summed E-state index contributed by atoms with van der Waals surface area (Å²) in [5.74, 6) is 2.36. The lowest BCUT2D eigenvalue weighted by atomic mass is 10.2. The molecule has 0 fully saturated rings. The first-order chi connectivity index (χ1) is 25.4. The van der Waals surface area contributed by atoms with Crippen molar-refractivity contribution in [3.63, 3.8) is 0 Å². The molecule has 4 aromatic carbocycles. The van der Waals surface area contributed by atoms with Gasteiger partial charge in [0, 0.05) is 18.4 Å². The number of benzene rings is 4. The van der Waals surface area contributed by atoms with Gasteiger partial charge >= 0.3 is 12.4 Å². The van der Waals surface area contributed by atoms with Gasteiger partial charge in [-0.15, -0.1) is 0 Å². The summed E-state index contributed by atoms with van der Waals surface area (Å²) in [4.78, 5) is 21.6. The molecule has 0 saturated heterocycles. The molecular weight excluding hydrogens is 700 g/mol. The van der Waals surface area contributed by atoms with E-state index >= 15 is 0 Å². The minimum atomic E-state index is -4.37. The molecule has 17 heteroatoms. The van der Waals surface area contributed by atoms with Gasteiger partial charge in [-0.05, 0) is 72.8 Å². The average Bonchev–Trinajstić information content (AvgIpc) is 3.52. The summed E-state index contributed by atoms with van der Waals surface area (Å²) in [5.41, 5.74) is 8.29. The average molecular weight is 730 g/mol. The van der Waals surface area contributed by atoms with Gasteiger partial charge in [0.25, 0.3) is 0 Å². The summed E-state index contributed by atoms with van der Waals surface area (Å²) < 4.78 is 77.6. The number of nitrogens with two attached hydrogens (primary N) is 1. The largest absolute Gasteiger partial charge is 0.416 e. The Labute approximate surface area is 298 Å². The van der Waals surface area contributed by atoms with Crippen LogP contribution in [0.4, 0.5) is 72.5 Å². The lowest BCUT2D eigenvalue weighted by Crippen LogP contribution is -2.06. The maximum atomic E-state index is 12.7. The molecule has 3 heterocycles. The second-order valence-electron chi connectivity index (χ2n) is 11.2. The number of alkyl halides is 6. The lowest BCUT2D eigenvalue weighted by Gasteiger charge is -2.11. The summed E-state index contributed by atoms with van der Waals surface area (Å²) in [6.45, 7) is 0. The standard InChI is InChI=1S/C19H15F3N6.C17H14F3N5/c1-23-18-26-14-4-2-3-5-15(14)28(18)17-11-24-10-16(27-17)25-13-8-6-12(7-9-13)19(20,21)22;18-17(19,20)11-5-7-12(8-6-11)23-15-9-22-10-16(25-15)24-14-4-2-1-3-13(14)21/h2-11H,1H3,(H,23,26)(H,25,27);1-10H,21H2,(H2,23,24,25). The monoisotopic (exact) mass is 729 g/mol. The smallest absolute Gasteiger partial charge is 0.397 e. The van der Waals surface area contributed by atoms with E-state index in [-0.39, 0.29) is 0 Å². The molecule has 0 spiro atoms. The number of nitrogens with zero attached hydrogens (tertiary/aromatic N) is 6. The molecular formula is C36H29F6N11. The van der Waals surface area contributed by atoms with Gasteiger partial charge in [0.15, 0.2) is 23.3 Å². The summed E-state index contributed by atoms with van der Waals surface area (Å²) in [6, 6.07) is 24.2. The summed E-state index contributed by atoms with van der Waals surface area (Å²) in [7, 11) is 1.76. The zero-order chi connectivity index (χ0) is 37.6. The number of halogens is 6. The number of fused-ring (bicyclic) bond motifs is 1. The van der Waals surface area contributed by atoms with E-state index in [4.69, 9.17) is 5.73 Å². The van der Waals surface area contributed by atoms with Crippen LogP contribution in [0.1, 0.15) is 11.1 Å². The molecule has 11 nitrogen and oxygen atoms in total. The van der Waals surface area contributed by atoms with Crippen LogP contribution in [0.3, 0.4) is 0 Å². The number of para-hydroxylation sites is 4. The number of rotatable bonds is 8. The van der Waals surface area contributed by atoms with Crippen molar-refractivity contribution >= 4 is 57.2 Å². The van der Waals surface area contributed by atoms with E-state index < -0.39 is 23.5 Å². The van der Waals surface area contributed by atoms with Crippen molar-refractivity contribution in [1.82, 2.24) is 29.5 Å². The first kappa shape index (κ1) is 35.9. The van der Waals surface area contributed by atoms with Crippen LogP contribution in [0.2, 0.25) is 0 Å². The fourth-order valence-electron chi connectivity index (χ4n) is 4.97. The zero-order valence-electron chi connectivity index (χ0n) is 27.6. The molecule has 53 heavy (non-hydrogen) atoms. The highest BCUT2D eigenvalue weighted by molar-refractivity contribution is 5.81. The number of anilines is 8. The van der Waals surface area contributed by atoms with Crippen molar-refractivity contribution in [3.8, 4) is 5.82 Å². The zero-order valence-corrected chi connectivity index (χ0v) is 27.6. The Morgan fingerprint density at radius 3 is 1.64 bits per heavy atom. The summed E-state index contributed by atoms with van der Waals surface area (Å²) in [6.07, 6.45) is -2.66. The number of nitrogens with one attached hydrogen (secondary N) is 4. The Bertz CT molecular complexity index is 2310. The number of aromatic nitrogens is 6. The van der Waals surface area contributed by atoms with Gasteiger partial charge in [0.05, 0.1) is 58.3 Å². The molecule has 0 saturated carbocycles. The lowest BCUT2D eigenvalue weighted by molar-refractivity contribution is -0.138. The van der Waals surface area contributed by atoms with Crippen LogP contribution < -0.4 is 27.0 Å². The molecule has 0 aliphatic rings. The van der Waals surface area contributed by atoms with Crippen LogP contribution in [-0.4, -0.2) is 36.5 Å². The van der Waals surface area contributed by atoms with Crippen LogP contribution in [0.5, 0.6) is 0 Å². The van der Waals surface area contributed by atoms with E-state index in [2.05, 4.69) is 46.2 Å². The molecule has 7 rings (SSSR count). The maximum absolute atomic E-state index is 12.7. The molecule has 0 atom stereocenters. The molecule has 6 N–H and O–H groups in total. The van der Waals surface area contributed by atoms with Gasteiger partial charge in [-0.2, -0.15) is 26.3 Å². The number of nitrogen functional groups attached to an aromatic ring is 1. The topological polar surface area (TPSA) is 144 Å². The van der Waals surface area contributed by atoms with E-state index in [1.54, 1.807) is 25.4 Å². The normalized spacial score (nSPS) is 11.4. The predicted molar refractivity (Wildman–Crippen MR) is 192 cm³/mol. The molecule has 0 radical (unpaired) electrons. The highest BCUT2D eigenvalue weighted by Crippen LogP contribution is 2.32. The van der Waals surface area contributed by atoms with Crippen LogP contribution in [0, 0.1) is 0 Å². The van der Waals surface area contributed by atoms with Gasteiger partial charge in [0.1, 0.15) is 0 Å². The Morgan fingerprint density at radius 1 is 0.566 bits per heavy atom. The minimum absolute atomic E-state index is 0.388. The quantitative estimate of drug-likeness (QED) is 0.0759. The van der Waals surface area contributed by atoms with Crippen molar-refractivity contribution < 1.29 is 26.3 Å². The molecule has 0 aliphatic carbocycles. The molecule has 0 aliphatic heterocycles. The predicted octanol–water partition coefficient (Wildman–Crippen LogP) is 9.18. The number of hydrogen-bond acceptors (Lipinski definition) is 10. The minimum Gasteiger partial charge on any atom is -0.397 e. The van der Waals surface area contributed by atoms with Crippen LogP contribution in [-0.2, 0) is 12.4 Å². The van der Waals surface area contributed by atoms with E-state index in [0.717, 1.165) is 35.3 Å². The van der Waals surface area contributed by atoms with E-state index in [0.29, 0.717) is 52.0 Å². The van der Waals surface area contributed by atoms with Crippen molar-refractivity contribution in [1.29, 1.82) is 0 Å². The van der Waals surface area contributed by atoms with Gasteiger partial charge in [-0.3, -0.25) is 14.5 Å². The third-order valence-corrected chi connectivity index (χ3v) is 7.46. The van der Waals surface area contributed by atoms with Crippen molar-refractivity contribution in [3.05, 3.63) is 133 Å². The molecule has 3 aromatic heterocycles. The van der Waals surface area contributed by atoms with Gasteiger partial charge in [-0.1, -0.05) is 24.3 Å². The fraction of sp³-hybridized carbons (Fsp3) is 0.0833. The SMILES string of the molecule is CNc1nc2ccccc2n1-c1cncc(Nc2ccc(C(F)(F)F)cc2)n1.Nc1ccccc1Nc1cncc(Nc2ccc(C(F)(F)F)cc2)n1. The van der Waals surface area contributed by atoms with Crippen molar-refractivity contribution in [2.75, 3.05) is 34.0 Å². The molecule has 0 amide bonds. The van der Waals surface area contributed by atoms with Gasteiger partial charge < -0.3 is 27.0 Å². The first-order valence-electron chi connectivity index (χ1n) is 15.7. The summed E-state index contributed by atoms with van der Waals surface area (Å²) >= 11 is 0. The fourth-order valence-corrected chi connectivity index (χ4v) is 4.97. The molecule has 0 unspecified atom stereocenters. The Hall–Kier alpha value is -6.91. The molecule has 7 aromatic rings. The highest BCUT2D eigenvalue weighted by atomic mass is 19.4. The Morgan fingerprint density at radius 2 is 1.08 bits per heavy atom. The highest BCUT2D eigenvalue weighted by Gasteiger charge is 2.30. The molecule has 0 bridgehead atoms. The van der Waals surface area contributed by atoms with E-state index in [1.807, 2.05) is 41.0 Å². The second-order valence-corrected chi connectivity index (χ2v) is 11.2. The second kappa shape index (κ2) is 15.1. The third kappa shape index (κ3) is 8.88. The third-order valence-electron chi connectivity index (χ3n) is 7.46. The van der Waals surface area contributed by atoms with Crippen LogP contribution in [0.15, 0.2) is 122 Å². The summed E-state index contributed by atoms with van der Waals surface area (Å²) in [5, 5.41) is 12.0. The van der Waals surface area contributed by atoms with Crippen LogP contribution >= 0.6 is 0 Å². The first-order valence-corrected chi connectivity index (χ1v) is 15.7. The van der Waals surface area contributed by atoms with E-state index in [1.165, 1.54) is 42.9 Å². The van der Waals surface area contributed by atoms with Gasteiger partial charge in [0.2, 0.25) is 5.95 Å². The van der Waals surface area contributed by atoms with Crippen molar-refractivity contribution in [2.45, 2.75) is 12.4 Å². The Balaban J connectivity index is 0.000000183. The van der Waals surface area contributed by atoms with Crippen molar-refractivity contribution in [2.24, 2.45) is 0 Å². The number of imidazole rings is 1. The van der Waals surface area contributed by atoms with E-state index in [9.17, 15) is 26.3 Å². The molecule has 270 valence electrons. The maximum Gasteiger partial charge on any atom is 0.416 e. The number of hydrogen-bond donors (Lipinski definition) is 5. The Kier molecular flexibility index (Phi) is 10.3. The van der Waals surface area contributed by atoms with Crippen LogP contribution in [0.25, 0.3) is 16.9 Å².